The fourth-order valence-corrected chi connectivity index (χ4v) is 6.26. The minimum absolute atomic E-state index is 0.277. The van der Waals surface area contributed by atoms with Crippen LogP contribution < -0.4 is 10.6 Å². The Morgan fingerprint density at radius 2 is 1.15 bits per heavy atom. The van der Waals surface area contributed by atoms with Crippen molar-refractivity contribution in [3.8, 4) is 0 Å². The highest BCUT2D eigenvalue weighted by molar-refractivity contribution is 8.05. The maximum Gasteiger partial charge on any atom is 0.221 e. The SMILES string of the molecule is CC(=O)Nc1c(Cl)cc2c(c1Cl)Sc1c(cc(Cl)c(NC(C)=O)c1Cl)S2. The van der Waals surface area contributed by atoms with Crippen LogP contribution in [-0.4, -0.2) is 11.8 Å². The van der Waals surface area contributed by atoms with Gasteiger partial charge < -0.3 is 10.6 Å². The summed E-state index contributed by atoms with van der Waals surface area (Å²) < 4.78 is 0. The maximum atomic E-state index is 11.4. The molecule has 1 heterocycles. The van der Waals surface area contributed by atoms with Crippen molar-refractivity contribution < 1.29 is 9.59 Å². The number of fused-ring (bicyclic) bond motifs is 2. The van der Waals surface area contributed by atoms with Crippen LogP contribution in [0.2, 0.25) is 20.1 Å². The molecule has 2 aromatic carbocycles. The molecule has 0 aliphatic carbocycles. The molecule has 1 aliphatic heterocycles. The third-order valence-corrected chi connectivity index (χ3v) is 7.48. The third kappa shape index (κ3) is 3.77. The first-order valence-corrected chi connectivity index (χ1v) is 10.3. The molecule has 0 unspecified atom stereocenters. The standard InChI is InChI=1S/C16H10Cl4N2O2S2/c1-5(23)21-13-7(17)3-9-15(11(13)19)26-16-10(25-9)4-8(18)14(12(16)20)22-6(2)24/h3-4H,1-2H3,(H,21,23)(H,22,24). The van der Waals surface area contributed by atoms with E-state index in [9.17, 15) is 9.59 Å². The van der Waals surface area contributed by atoms with Gasteiger partial charge in [0.2, 0.25) is 11.8 Å². The van der Waals surface area contributed by atoms with Gasteiger partial charge in [-0.1, -0.05) is 69.9 Å². The van der Waals surface area contributed by atoms with Crippen molar-refractivity contribution in [3.63, 3.8) is 0 Å². The van der Waals surface area contributed by atoms with E-state index < -0.39 is 0 Å². The maximum absolute atomic E-state index is 11.4. The zero-order valence-electron chi connectivity index (χ0n) is 13.3. The number of nitrogens with one attached hydrogen (secondary N) is 2. The molecule has 0 atom stereocenters. The van der Waals surface area contributed by atoms with E-state index in [-0.39, 0.29) is 11.8 Å². The molecule has 2 aromatic rings. The number of halogens is 4. The number of hydrogen-bond donors (Lipinski definition) is 2. The summed E-state index contributed by atoms with van der Waals surface area (Å²) in [6.07, 6.45) is 0. The molecule has 2 N–H and O–H groups in total. The van der Waals surface area contributed by atoms with Gasteiger partial charge in [0.05, 0.1) is 31.5 Å². The van der Waals surface area contributed by atoms with Crippen molar-refractivity contribution in [2.24, 2.45) is 0 Å². The molecular formula is C16H10Cl4N2O2S2. The van der Waals surface area contributed by atoms with Gasteiger partial charge in [0.25, 0.3) is 0 Å². The zero-order valence-corrected chi connectivity index (χ0v) is 18.0. The summed E-state index contributed by atoms with van der Waals surface area (Å²) in [5.41, 5.74) is 0.701. The van der Waals surface area contributed by atoms with E-state index in [1.165, 1.54) is 37.4 Å². The molecule has 0 aromatic heterocycles. The molecule has 0 fully saturated rings. The zero-order chi connectivity index (χ0) is 19.2. The lowest BCUT2D eigenvalue weighted by atomic mass is 10.3. The number of carbonyl (C=O) groups is 2. The number of carbonyl (C=O) groups excluding carboxylic acids is 2. The first kappa shape index (κ1) is 20.0. The van der Waals surface area contributed by atoms with Gasteiger partial charge in [0.1, 0.15) is 0 Å². The fraction of sp³-hybridized carbons (Fsp3) is 0.125. The largest absolute Gasteiger partial charge is 0.324 e. The van der Waals surface area contributed by atoms with E-state index >= 15 is 0 Å². The second-order valence-corrected chi connectivity index (χ2v) is 8.99. The average molecular weight is 468 g/mol. The second kappa shape index (κ2) is 7.70. The summed E-state index contributed by atoms with van der Waals surface area (Å²) in [5, 5.41) is 6.62. The number of rotatable bonds is 2. The molecule has 0 saturated heterocycles. The van der Waals surface area contributed by atoms with Crippen LogP contribution in [0, 0.1) is 0 Å². The molecular weight excluding hydrogens is 458 g/mol. The molecule has 0 spiro atoms. The van der Waals surface area contributed by atoms with Gasteiger partial charge in [-0.15, -0.1) is 0 Å². The van der Waals surface area contributed by atoms with Gasteiger partial charge in [-0.2, -0.15) is 0 Å². The Morgan fingerprint density at radius 3 is 1.50 bits per heavy atom. The number of hydrogen-bond acceptors (Lipinski definition) is 4. The predicted octanol–water partition coefficient (Wildman–Crippen LogP) is 6.83. The highest BCUT2D eigenvalue weighted by atomic mass is 35.5. The van der Waals surface area contributed by atoms with E-state index in [1.54, 1.807) is 12.1 Å². The van der Waals surface area contributed by atoms with E-state index in [4.69, 9.17) is 46.4 Å². The van der Waals surface area contributed by atoms with Crippen molar-refractivity contribution in [3.05, 3.63) is 32.2 Å². The van der Waals surface area contributed by atoms with Crippen molar-refractivity contribution in [1.29, 1.82) is 0 Å². The van der Waals surface area contributed by atoms with Crippen molar-refractivity contribution >= 4 is 93.1 Å². The van der Waals surface area contributed by atoms with Gasteiger partial charge >= 0.3 is 0 Å². The molecule has 4 nitrogen and oxygen atoms in total. The van der Waals surface area contributed by atoms with Gasteiger partial charge in [0.15, 0.2) is 0 Å². The minimum Gasteiger partial charge on any atom is -0.324 e. The molecule has 10 heteroatoms. The molecule has 1 aliphatic rings. The van der Waals surface area contributed by atoms with E-state index in [2.05, 4.69) is 10.6 Å². The van der Waals surface area contributed by atoms with Gasteiger partial charge in [-0.25, -0.2) is 0 Å². The molecule has 3 rings (SSSR count). The Kier molecular flexibility index (Phi) is 5.92. The number of anilines is 2. The molecule has 0 radical (unpaired) electrons. The quantitative estimate of drug-likeness (QED) is 0.433. The van der Waals surface area contributed by atoms with Crippen molar-refractivity contribution in [2.75, 3.05) is 10.6 Å². The predicted molar refractivity (Wildman–Crippen MR) is 110 cm³/mol. The topological polar surface area (TPSA) is 58.2 Å². The van der Waals surface area contributed by atoms with Gasteiger partial charge in [0, 0.05) is 33.4 Å². The van der Waals surface area contributed by atoms with E-state index in [0.717, 1.165) is 19.6 Å². The smallest absolute Gasteiger partial charge is 0.221 e. The Morgan fingerprint density at radius 1 is 0.769 bits per heavy atom. The highest BCUT2D eigenvalue weighted by Gasteiger charge is 2.28. The Labute approximate surface area is 178 Å². The first-order chi connectivity index (χ1) is 12.2. The Bertz CT molecular complexity index is 891. The third-order valence-electron chi connectivity index (χ3n) is 3.30. The van der Waals surface area contributed by atoms with Crippen LogP contribution in [0.1, 0.15) is 13.8 Å². The monoisotopic (exact) mass is 466 g/mol. The van der Waals surface area contributed by atoms with Crippen LogP contribution >= 0.6 is 69.9 Å². The lowest BCUT2D eigenvalue weighted by Crippen LogP contribution is -2.09. The Balaban J connectivity index is 2.12. The summed E-state index contributed by atoms with van der Waals surface area (Å²) in [6.45, 7) is 2.75. The van der Waals surface area contributed by atoms with Crippen LogP contribution in [0.25, 0.3) is 0 Å². The first-order valence-electron chi connectivity index (χ1n) is 7.14. The van der Waals surface area contributed by atoms with Crippen LogP contribution in [0.15, 0.2) is 31.7 Å². The van der Waals surface area contributed by atoms with Crippen LogP contribution in [0.3, 0.4) is 0 Å². The summed E-state index contributed by atoms with van der Waals surface area (Å²) in [5.74, 6) is -0.555. The summed E-state index contributed by atoms with van der Waals surface area (Å²) >= 11 is 28.2. The van der Waals surface area contributed by atoms with Crippen molar-refractivity contribution in [2.45, 2.75) is 33.4 Å². The summed E-state index contributed by atoms with van der Waals surface area (Å²) in [7, 11) is 0. The van der Waals surface area contributed by atoms with Crippen LogP contribution in [0.5, 0.6) is 0 Å². The fourth-order valence-electron chi connectivity index (χ4n) is 2.30. The lowest BCUT2D eigenvalue weighted by molar-refractivity contribution is -0.115. The summed E-state index contributed by atoms with van der Waals surface area (Å²) in [4.78, 5) is 25.9. The molecule has 136 valence electrons. The molecule has 0 saturated carbocycles. The van der Waals surface area contributed by atoms with Crippen LogP contribution in [0.4, 0.5) is 11.4 Å². The van der Waals surface area contributed by atoms with E-state index in [0.29, 0.717) is 31.5 Å². The van der Waals surface area contributed by atoms with Gasteiger partial charge in [-0.3, -0.25) is 9.59 Å². The van der Waals surface area contributed by atoms with Crippen molar-refractivity contribution in [1.82, 2.24) is 0 Å². The van der Waals surface area contributed by atoms with Crippen LogP contribution in [-0.2, 0) is 9.59 Å². The molecule has 26 heavy (non-hydrogen) atoms. The second-order valence-electron chi connectivity index (χ2n) is 5.32. The minimum atomic E-state index is -0.277. The number of amides is 2. The lowest BCUT2D eigenvalue weighted by Gasteiger charge is -2.24. The van der Waals surface area contributed by atoms with Gasteiger partial charge in [-0.05, 0) is 12.1 Å². The average Bonchev–Trinajstić information content (AvgIpc) is 2.54. The number of benzene rings is 2. The summed E-state index contributed by atoms with van der Waals surface area (Å²) in [6, 6.07) is 3.47. The van der Waals surface area contributed by atoms with E-state index in [1.807, 2.05) is 0 Å². The Hall–Kier alpha value is -0.760. The highest BCUT2D eigenvalue weighted by Crippen LogP contribution is 2.57. The normalized spacial score (nSPS) is 12.2. The molecule has 2 amide bonds. The molecule has 0 bridgehead atoms.